The van der Waals surface area contributed by atoms with Crippen molar-refractivity contribution < 1.29 is 9.84 Å². The Labute approximate surface area is 155 Å². The first kappa shape index (κ1) is 19.6. The van der Waals surface area contributed by atoms with Gasteiger partial charge in [-0.25, -0.2) is 0 Å². The van der Waals surface area contributed by atoms with Gasteiger partial charge in [-0.2, -0.15) is 0 Å². The fourth-order valence-corrected chi connectivity index (χ4v) is 6.72. The van der Waals surface area contributed by atoms with Gasteiger partial charge in [0, 0.05) is 12.1 Å². The average molecular weight is 352 g/mol. The summed E-state index contributed by atoms with van der Waals surface area (Å²) < 4.78 is 6.06. The van der Waals surface area contributed by atoms with E-state index in [1.807, 2.05) is 0 Å². The highest BCUT2D eigenvalue weighted by molar-refractivity contribution is 5.01. The van der Waals surface area contributed by atoms with Crippen LogP contribution in [0.15, 0.2) is 0 Å². The Morgan fingerprint density at radius 1 is 1.00 bits per heavy atom. The lowest BCUT2D eigenvalue weighted by Crippen LogP contribution is -2.49. The molecule has 0 aromatic rings. The van der Waals surface area contributed by atoms with E-state index in [0.717, 1.165) is 30.8 Å². The monoisotopic (exact) mass is 351 g/mol. The summed E-state index contributed by atoms with van der Waals surface area (Å²) in [4.78, 5) is 0. The van der Waals surface area contributed by atoms with Crippen LogP contribution in [-0.2, 0) is 4.74 Å². The van der Waals surface area contributed by atoms with E-state index < -0.39 is 6.10 Å². The van der Waals surface area contributed by atoms with Gasteiger partial charge in [-0.15, -0.1) is 0 Å². The first-order valence-electron chi connectivity index (χ1n) is 10.6. The molecule has 0 radical (unpaired) electrons. The molecule has 0 heterocycles. The Morgan fingerprint density at radius 2 is 1.52 bits per heavy atom. The van der Waals surface area contributed by atoms with E-state index in [1.54, 1.807) is 0 Å². The summed E-state index contributed by atoms with van der Waals surface area (Å²) >= 11 is 0. The van der Waals surface area contributed by atoms with Crippen molar-refractivity contribution in [1.82, 2.24) is 5.32 Å². The average Bonchev–Trinajstić information content (AvgIpc) is 2.41. The van der Waals surface area contributed by atoms with Crippen LogP contribution < -0.4 is 5.32 Å². The van der Waals surface area contributed by atoms with Gasteiger partial charge in [0.05, 0.1) is 19.3 Å². The van der Waals surface area contributed by atoms with Gasteiger partial charge in [0.1, 0.15) is 0 Å². The highest BCUT2D eigenvalue weighted by atomic mass is 16.5. The molecule has 0 amide bonds. The minimum Gasteiger partial charge on any atom is -0.389 e. The van der Waals surface area contributed by atoms with Crippen molar-refractivity contribution in [1.29, 1.82) is 0 Å². The molecule has 146 valence electrons. The van der Waals surface area contributed by atoms with Gasteiger partial charge in [0.2, 0.25) is 0 Å². The number of aliphatic hydroxyl groups is 1. The van der Waals surface area contributed by atoms with Gasteiger partial charge in [0.15, 0.2) is 0 Å². The minimum atomic E-state index is -0.409. The second-order valence-corrected chi connectivity index (χ2v) is 11.6. The summed E-state index contributed by atoms with van der Waals surface area (Å²) in [6.45, 7) is 13.2. The molecule has 1 atom stereocenters. The molecular weight excluding hydrogens is 310 g/mol. The van der Waals surface area contributed by atoms with E-state index in [-0.39, 0.29) is 11.0 Å². The van der Waals surface area contributed by atoms with E-state index in [1.165, 1.54) is 38.5 Å². The third-order valence-corrected chi connectivity index (χ3v) is 6.67. The van der Waals surface area contributed by atoms with E-state index in [0.29, 0.717) is 18.6 Å². The molecule has 4 aliphatic carbocycles. The molecule has 0 unspecified atom stereocenters. The molecule has 3 nitrogen and oxygen atoms in total. The summed E-state index contributed by atoms with van der Waals surface area (Å²) in [7, 11) is 0. The van der Waals surface area contributed by atoms with Crippen LogP contribution in [0, 0.1) is 28.6 Å². The molecule has 3 heteroatoms. The van der Waals surface area contributed by atoms with Gasteiger partial charge < -0.3 is 15.2 Å². The Morgan fingerprint density at radius 3 is 2.00 bits per heavy atom. The fraction of sp³-hybridized carbons (Fsp3) is 1.00. The topological polar surface area (TPSA) is 41.5 Å². The molecule has 4 aliphatic rings. The smallest absolute Gasteiger partial charge is 0.0897 e. The maximum Gasteiger partial charge on any atom is 0.0897 e. The molecule has 0 aromatic carbocycles. The quantitative estimate of drug-likeness (QED) is 0.682. The molecule has 25 heavy (non-hydrogen) atoms. The fourth-order valence-electron chi connectivity index (χ4n) is 6.72. The zero-order chi connectivity index (χ0) is 18.3. The van der Waals surface area contributed by atoms with Crippen molar-refractivity contribution in [3.63, 3.8) is 0 Å². The van der Waals surface area contributed by atoms with E-state index >= 15 is 0 Å². The summed E-state index contributed by atoms with van der Waals surface area (Å²) in [6, 6.07) is 0. The molecule has 4 saturated carbocycles. The molecule has 0 saturated heterocycles. The number of aliphatic hydroxyl groups excluding tert-OH is 1. The summed E-state index contributed by atoms with van der Waals surface area (Å²) in [5, 5.41) is 13.9. The number of rotatable bonds is 8. The number of hydrogen-bond acceptors (Lipinski definition) is 3. The second-order valence-electron chi connectivity index (χ2n) is 11.6. The largest absolute Gasteiger partial charge is 0.389 e. The predicted octanol–water partition coefficient (Wildman–Crippen LogP) is 4.38. The van der Waals surface area contributed by atoms with Crippen LogP contribution in [0.25, 0.3) is 0 Å². The van der Waals surface area contributed by atoms with Gasteiger partial charge in [-0.3, -0.25) is 0 Å². The molecule has 0 aromatic heterocycles. The zero-order valence-electron chi connectivity index (χ0n) is 17.2. The van der Waals surface area contributed by atoms with E-state index in [2.05, 4.69) is 39.9 Å². The van der Waals surface area contributed by atoms with Crippen molar-refractivity contribution in [3.8, 4) is 0 Å². The SMILES string of the molecule is CC(C)(C)CC(C)(C)NC[C@@H](O)COCC12CC3CC(CC(C3)C1)C2. The lowest BCUT2D eigenvalue weighted by molar-refractivity contribution is -0.105. The van der Waals surface area contributed by atoms with Gasteiger partial charge in [-0.05, 0) is 87.4 Å². The molecular formula is C22H41NO2. The summed E-state index contributed by atoms with van der Waals surface area (Å²) in [5.41, 5.74) is 0.781. The van der Waals surface area contributed by atoms with Crippen molar-refractivity contribution in [3.05, 3.63) is 0 Å². The maximum atomic E-state index is 10.3. The minimum absolute atomic E-state index is 0.0408. The lowest BCUT2D eigenvalue weighted by atomic mass is 9.50. The summed E-state index contributed by atoms with van der Waals surface area (Å²) in [6.07, 6.45) is 9.26. The van der Waals surface area contributed by atoms with Gasteiger partial charge >= 0.3 is 0 Å². The number of nitrogens with one attached hydrogen (secondary N) is 1. The Hall–Kier alpha value is -0.120. The zero-order valence-corrected chi connectivity index (χ0v) is 17.2. The van der Waals surface area contributed by atoms with Crippen LogP contribution in [0.1, 0.15) is 79.6 Å². The Bertz CT molecular complexity index is 416. The first-order chi connectivity index (χ1) is 11.5. The van der Waals surface area contributed by atoms with Gasteiger partial charge in [0.25, 0.3) is 0 Å². The van der Waals surface area contributed by atoms with Crippen LogP contribution in [0.5, 0.6) is 0 Å². The molecule has 4 fully saturated rings. The van der Waals surface area contributed by atoms with Crippen LogP contribution in [0.2, 0.25) is 0 Å². The number of ether oxygens (including phenoxy) is 1. The molecule has 0 spiro atoms. The normalized spacial score (nSPS) is 36.0. The van der Waals surface area contributed by atoms with E-state index in [9.17, 15) is 5.11 Å². The number of hydrogen-bond donors (Lipinski definition) is 2. The molecule has 0 aliphatic heterocycles. The van der Waals surface area contributed by atoms with Crippen molar-refractivity contribution in [2.75, 3.05) is 19.8 Å². The van der Waals surface area contributed by atoms with Crippen molar-refractivity contribution in [2.45, 2.75) is 91.2 Å². The van der Waals surface area contributed by atoms with Crippen LogP contribution >= 0.6 is 0 Å². The Balaban J connectivity index is 1.38. The highest BCUT2D eigenvalue weighted by Gasteiger charge is 2.50. The van der Waals surface area contributed by atoms with Crippen molar-refractivity contribution in [2.24, 2.45) is 28.6 Å². The van der Waals surface area contributed by atoms with Crippen LogP contribution in [-0.4, -0.2) is 36.5 Å². The molecule has 2 N–H and O–H groups in total. The van der Waals surface area contributed by atoms with Gasteiger partial charge in [-0.1, -0.05) is 20.8 Å². The Kier molecular flexibility index (Phi) is 5.60. The predicted molar refractivity (Wildman–Crippen MR) is 104 cm³/mol. The van der Waals surface area contributed by atoms with Crippen molar-refractivity contribution >= 4 is 0 Å². The van der Waals surface area contributed by atoms with Crippen LogP contribution in [0.3, 0.4) is 0 Å². The third-order valence-electron chi connectivity index (χ3n) is 6.67. The highest BCUT2D eigenvalue weighted by Crippen LogP contribution is 2.60. The number of β-amino-alcohol motifs (C(OH)–C–C–N with tert-alkyl or cyclic N) is 1. The second kappa shape index (κ2) is 7.13. The summed E-state index contributed by atoms with van der Waals surface area (Å²) in [5.74, 6) is 2.92. The van der Waals surface area contributed by atoms with E-state index in [4.69, 9.17) is 4.74 Å². The third kappa shape index (κ3) is 5.43. The maximum absolute atomic E-state index is 10.3. The standard InChI is InChI=1S/C22H41NO2/c1-20(2,3)14-21(4,5)23-12-19(24)13-25-15-22-9-16-6-17(10-22)8-18(7-16)11-22/h16-19,23-24H,6-15H2,1-5H3/t16?,17?,18?,19-,22?/m1/s1. The lowest BCUT2D eigenvalue weighted by Gasteiger charge is -2.56. The first-order valence-corrected chi connectivity index (χ1v) is 10.6. The van der Waals surface area contributed by atoms with Crippen LogP contribution in [0.4, 0.5) is 0 Å². The molecule has 4 rings (SSSR count). The molecule has 4 bridgehead atoms.